The first-order valence-corrected chi connectivity index (χ1v) is 3.23. The Hall–Kier alpha value is -1.51. The Labute approximate surface area is 65.2 Å². The highest BCUT2D eigenvalue weighted by Gasteiger charge is 1.93. The number of carbonyl (C=O) groups excluding carboxylic acids is 1. The van der Waals surface area contributed by atoms with Gasteiger partial charge < -0.3 is 11.1 Å². The van der Waals surface area contributed by atoms with Crippen LogP contribution in [0.3, 0.4) is 0 Å². The van der Waals surface area contributed by atoms with Crippen LogP contribution in [0.4, 0.5) is 11.4 Å². The summed E-state index contributed by atoms with van der Waals surface area (Å²) in [5.41, 5.74) is 6.65. The Morgan fingerprint density at radius 3 is 3.00 bits per heavy atom. The van der Waals surface area contributed by atoms with Gasteiger partial charge in [0.1, 0.15) is 0 Å². The van der Waals surface area contributed by atoms with Crippen molar-refractivity contribution < 1.29 is 4.79 Å². The smallest absolute Gasteiger partial charge is 0.221 e. The zero-order chi connectivity index (χ0) is 8.27. The maximum absolute atomic E-state index is 10.6. The van der Waals surface area contributed by atoms with Crippen molar-refractivity contribution in [2.45, 2.75) is 6.92 Å². The van der Waals surface area contributed by atoms with Crippen molar-refractivity contribution in [1.29, 1.82) is 0 Å². The molecule has 1 radical (unpaired) electrons. The molecule has 1 aromatic carbocycles. The quantitative estimate of drug-likeness (QED) is 0.586. The predicted molar refractivity (Wildman–Crippen MR) is 44.0 cm³/mol. The number of hydrogen-bond acceptors (Lipinski definition) is 2. The second-order valence-corrected chi connectivity index (χ2v) is 2.21. The first kappa shape index (κ1) is 7.60. The molecule has 0 fully saturated rings. The van der Waals surface area contributed by atoms with Crippen molar-refractivity contribution in [2.75, 3.05) is 11.1 Å². The molecule has 0 unspecified atom stereocenters. The van der Waals surface area contributed by atoms with Crippen LogP contribution in [0.15, 0.2) is 18.2 Å². The van der Waals surface area contributed by atoms with Crippen molar-refractivity contribution in [3.05, 3.63) is 24.3 Å². The van der Waals surface area contributed by atoms with E-state index >= 15 is 0 Å². The number of nitrogens with one attached hydrogen (secondary N) is 1. The minimum Gasteiger partial charge on any atom is -0.398 e. The lowest BCUT2D eigenvalue weighted by Gasteiger charge is -2.00. The van der Waals surface area contributed by atoms with Gasteiger partial charge >= 0.3 is 0 Å². The van der Waals surface area contributed by atoms with E-state index in [0.717, 1.165) is 0 Å². The summed E-state index contributed by atoms with van der Waals surface area (Å²) in [6.07, 6.45) is 0. The highest BCUT2D eigenvalue weighted by atomic mass is 16.1. The molecule has 1 amide bonds. The lowest BCUT2D eigenvalue weighted by Crippen LogP contribution is -2.05. The van der Waals surface area contributed by atoms with E-state index in [2.05, 4.69) is 11.4 Å². The van der Waals surface area contributed by atoms with Gasteiger partial charge in [-0.2, -0.15) is 0 Å². The molecule has 0 aliphatic rings. The van der Waals surface area contributed by atoms with Gasteiger partial charge in [-0.1, -0.05) is 6.07 Å². The molecule has 0 spiro atoms. The van der Waals surface area contributed by atoms with Gasteiger partial charge in [0.05, 0.1) is 0 Å². The molecule has 0 bridgehead atoms. The summed E-state index contributed by atoms with van der Waals surface area (Å²) in [5, 5.41) is 2.61. The van der Waals surface area contributed by atoms with Gasteiger partial charge in [-0.3, -0.25) is 4.79 Å². The third kappa shape index (κ3) is 2.29. The molecule has 3 N–H and O–H groups in total. The molecule has 0 heterocycles. The minimum atomic E-state index is -0.101. The lowest BCUT2D eigenvalue weighted by atomic mass is 10.3. The maximum atomic E-state index is 10.6. The number of nitrogen functional groups attached to an aromatic ring is 1. The van der Waals surface area contributed by atoms with E-state index in [4.69, 9.17) is 5.73 Å². The van der Waals surface area contributed by atoms with E-state index in [0.29, 0.717) is 11.4 Å². The van der Waals surface area contributed by atoms with Crippen LogP contribution in [0.25, 0.3) is 0 Å². The minimum absolute atomic E-state index is 0.101. The van der Waals surface area contributed by atoms with Crippen LogP contribution in [0.1, 0.15) is 6.92 Å². The number of carbonyl (C=O) groups is 1. The van der Waals surface area contributed by atoms with E-state index in [1.807, 2.05) is 0 Å². The van der Waals surface area contributed by atoms with Crippen LogP contribution in [-0.2, 0) is 4.79 Å². The van der Waals surface area contributed by atoms with Crippen molar-refractivity contribution >= 4 is 17.3 Å². The zero-order valence-electron chi connectivity index (χ0n) is 6.22. The summed E-state index contributed by atoms with van der Waals surface area (Å²) < 4.78 is 0. The van der Waals surface area contributed by atoms with Crippen molar-refractivity contribution in [3.8, 4) is 0 Å². The third-order valence-corrected chi connectivity index (χ3v) is 1.14. The van der Waals surface area contributed by atoms with Crippen LogP contribution in [0.5, 0.6) is 0 Å². The molecule has 0 aliphatic heterocycles. The summed E-state index contributed by atoms with van der Waals surface area (Å²) in [6, 6.07) is 7.83. The molecule has 11 heavy (non-hydrogen) atoms. The first-order chi connectivity index (χ1) is 5.18. The Morgan fingerprint density at radius 2 is 2.45 bits per heavy atom. The van der Waals surface area contributed by atoms with Crippen molar-refractivity contribution in [1.82, 2.24) is 0 Å². The van der Waals surface area contributed by atoms with E-state index in [-0.39, 0.29) is 5.91 Å². The molecular weight excluding hydrogens is 140 g/mol. The second-order valence-electron chi connectivity index (χ2n) is 2.21. The topological polar surface area (TPSA) is 55.1 Å². The fourth-order valence-electron chi connectivity index (χ4n) is 0.766. The monoisotopic (exact) mass is 149 g/mol. The molecule has 0 aliphatic carbocycles. The number of nitrogens with two attached hydrogens (primary N) is 1. The van der Waals surface area contributed by atoms with Gasteiger partial charge in [0.25, 0.3) is 0 Å². The third-order valence-electron chi connectivity index (χ3n) is 1.14. The molecule has 0 saturated carbocycles. The number of rotatable bonds is 1. The fraction of sp³-hybridized carbons (Fsp3) is 0.125. The van der Waals surface area contributed by atoms with E-state index in [1.54, 1.807) is 18.2 Å². The fourth-order valence-corrected chi connectivity index (χ4v) is 0.766. The van der Waals surface area contributed by atoms with Gasteiger partial charge in [-0.25, -0.2) is 0 Å². The number of hydrogen-bond donors (Lipinski definition) is 2. The van der Waals surface area contributed by atoms with E-state index in [1.165, 1.54) is 6.92 Å². The number of anilines is 2. The van der Waals surface area contributed by atoms with Gasteiger partial charge in [-0.15, -0.1) is 0 Å². The molecule has 0 aromatic heterocycles. The molecule has 0 saturated heterocycles. The van der Waals surface area contributed by atoms with Gasteiger partial charge in [0, 0.05) is 24.4 Å². The van der Waals surface area contributed by atoms with Gasteiger partial charge in [0.2, 0.25) is 5.91 Å². The largest absolute Gasteiger partial charge is 0.398 e. The van der Waals surface area contributed by atoms with Crippen LogP contribution in [0.2, 0.25) is 0 Å². The molecule has 1 rings (SSSR count). The van der Waals surface area contributed by atoms with Crippen LogP contribution >= 0.6 is 0 Å². The van der Waals surface area contributed by atoms with Gasteiger partial charge in [0.15, 0.2) is 0 Å². The number of benzene rings is 1. The maximum Gasteiger partial charge on any atom is 0.221 e. The van der Waals surface area contributed by atoms with Crippen LogP contribution < -0.4 is 11.1 Å². The Kier molecular flexibility index (Phi) is 2.11. The van der Waals surface area contributed by atoms with E-state index < -0.39 is 0 Å². The highest BCUT2D eigenvalue weighted by molar-refractivity contribution is 5.89. The van der Waals surface area contributed by atoms with Crippen LogP contribution in [-0.4, -0.2) is 5.91 Å². The molecule has 3 nitrogen and oxygen atoms in total. The average Bonchev–Trinajstić information content (AvgIpc) is 1.85. The van der Waals surface area contributed by atoms with Crippen molar-refractivity contribution in [2.24, 2.45) is 0 Å². The molecule has 57 valence electrons. The average molecular weight is 149 g/mol. The van der Waals surface area contributed by atoms with Crippen LogP contribution in [0, 0.1) is 6.07 Å². The second kappa shape index (κ2) is 3.05. The predicted octanol–water partition coefficient (Wildman–Crippen LogP) is 1.03. The van der Waals surface area contributed by atoms with Crippen molar-refractivity contribution in [3.63, 3.8) is 0 Å². The first-order valence-electron chi connectivity index (χ1n) is 3.23. The summed E-state index contributed by atoms with van der Waals surface area (Å²) in [4.78, 5) is 10.6. The summed E-state index contributed by atoms with van der Waals surface area (Å²) in [6.45, 7) is 1.45. The molecule has 0 atom stereocenters. The Balaban J connectivity index is 2.79. The number of amides is 1. The highest BCUT2D eigenvalue weighted by Crippen LogP contribution is 2.10. The summed E-state index contributed by atoms with van der Waals surface area (Å²) >= 11 is 0. The summed E-state index contributed by atoms with van der Waals surface area (Å²) in [7, 11) is 0. The molecular formula is C8H9N2O. The Morgan fingerprint density at radius 1 is 1.73 bits per heavy atom. The Bertz CT molecular complexity index is 271. The lowest BCUT2D eigenvalue weighted by molar-refractivity contribution is -0.114. The summed E-state index contributed by atoms with van der Waals surface area (Å²) in [5.74, 6) is -0.101. The zero-order valence-corrected chi connectivity index (χ0v) is 6.22. The molecule has 1 aromatic rings. The SMILES string of the molecule is CC(=O)Nc1cc[c]c(N)c1. The molecule has 3 heteroatoms. The normalized spacial score (nSPS) is 9.18. The van der Waals surface area contributed by atoms with E-state index in [9.17, 15) is 4.79 Å². The standard InChI is InChI=1S/C8H9N2O/c1-6(11)10-8-4-2-3-7(9)5-8/h2,4-5H,9H2,1H3,(H,10,11). The van der Waals surface area contributed by atoms with Gasteiger partial charge in [-0.05, 0) is 12.1 Å².